The van der Waals surface area contributed by atoms with Crippen LogP contribution < -0.4 is 22.3 Å². The standard InChI is InChI=1S/C15H26N4O2/c1-4-5-8-19-13(16)12(14(20)18(3)15(19)21)17-11-7-6-10(2)9-11/h10-11,17H,4-9,16H2,1-3H3. The molecule has 3 N–H and O–H groups in total. The molecule has 0 aromatic carbocycles. The number of hydrogen-bond acceptors (Lipinski definition) is 4. The molecule has 0 bridgehead atoms. The Morgan fingerprint density at radius 1 is 1.33 bits per heavy atom. The molecule has 6 heteroatoms. The van der Waals surface area contributed by atoms with Crippen molar-refractivity contribution in [2.75, 3.05) is 11.1 Å². The lowest BCUT2D eigenvalue weighted by Gasteiger charge is -2.19. The van der Waals surface area contributed by atoms with E-state index in [4.69, 9.17) is 5.73 Å². The Kier molecular flexibility index (Phi) is 4.75. The lowest BCUT2D eigenvalue weighted by atomic mass is 10.1. The molecule has 2 atom stereocenters. The van der Waals surface area contributed by atoms with E-state index >= 15 is 0 Å². The fraction of sp³-hybridized carbons (Fsp3) is 0.733. The molecule has 1 heterocycles. The Bertz CT molecular complexity index is 617. The first-order valence-electron chi connectivity index (χ1n) is 7.81. The van der Waals surface area contributed by atoms with Crippen molar-refractivity contribution >= 4 is 11.5 Å². The van der Waals surface area contributed by atoms with E-state index in [2.05, 4.69) is 19.2 Å². The summed E-state index contributed by atoms with van der Waals surface area (Å²) >= 11 is 0. The van der Waals surface area contributed by atoms with Gasteiger partial charge in [-0.05, 0) is 31.6 Å². The van der Waals surface area contributed by atoms with E-state index in [1.54, 1.807) is 0 Å². The summed E-state index contributed by atoms with van der Waals surface area (Å²) in [6.45, 7) is 4.82. The molecule has 2 unspecified atom stereocenters. The summed E-state index contributed by atoms with van der Waals surface area (Å²) in [4.78, 5) is 24.5. The quantitative estimate of drug-likeness (QED) is 0.863. The van der Waals surface area contributed by atoms with Gasteiger partial charge in [-0.2, -0.15) is 0 Å². The van der Waals surface area contributed by atoms with Gasteiger partial charge in [-0.25, -0.2) is 4.79 Å². The second-order valence-corrected chi connectivity index (χ2v) is 6.17. The molecule has 1 aliphatic carbocycles. The molecule has 0 amide bonds. The number of nitrogens with two attached hydrogens (primary N) is 1. The van der Waals surface area contributed by atoms with Crippen LogP contribution in [0.3, 0.4) is 0 Å². The fourth-order valence-corrected chi connectivity index (χ4v) is 2.99. The second kappa shape index (κ2) is 6.37. The molecular weight excluding hydrogens is 268 g/mol. The zero-order valence-electron chi connectivity index (χ0n) is 13.2. The van der Waals surface area contributed by atoms with Crippen LogP contribution in [0.25, 0.3) is 0 Å². The summed E-state index contributed by atoms with van der Waals surface area (Å²) in [5.74, 6) is 0.940. The highest BCUT2D eigenvalue weighted by Gasteiger charge is 2.24. The average molecular weight is 294 g/mol. The van der Waals surface area contributed by atoms with Crippen molar-refractivity contribution in [2.45, 2.75) is 58.5 Å². The zero-order chi connectivity index (χ0) is 15.6. The van der Waals surface area contributed by atoms with Crippen LogP contribution in [-0.2, 0) is 13.6 Å². The maximum Gasteiger partial charge on any atom is 0.332 e. The van der Waals surface area contributed by atoms with Gasteiger partial charge in [0.2, 0.25) is 0 Å². The zero-order valence-corrected chi connectivity index (χ0v) is 13.2. The highest BCUT2D eigenvalue weighted by Crippen LogP contribution is 2.27. The molecule has 0 spiro atoms. The number of nitrogens with zero attached hydrogens (tertiary/aromatic N) is 2. The molecule has 6 nitrogen and oxygen atoms in total. The summed E-state index contributed by atoms with van der Waals surface area (Å²) in [6.07, 6.45) is 5.07. The number of anilines is 2. The minimum atomic E-state index is -0.337. The Morgan fingerprint density at radius 2 is 2.05 bits per heavy atom. The average Bonchev–Trinajstić information content (AvgIpc) is 2.87. The minimum Gasteiger partial charge on any atom is -0.383 e. The van der Waals surface area contributed by atoms with Crippen LogP contribution in [-0.4, -0.2) is 15.2 Å². The molecule has 1 aromatic heterocycles. The molecule has 0 radical (unpaired) electrons. The van der Waals surface area contributed by atoms with Gasteiger partial charge in [0.05, 0.1) is 0 Å². The summed E-state index contributed by atoms with van der Waals surface area (Å²) in [7, 11) is 1.51. The van der Waals surface area contributed by atoms with Crippen molar-refractivity contribution in [1.29, 1.82) is 0 Å². The summed E-state index contributed by atoms with van der Waals surface area (Å²) in [6, 6.07) is 0.270. The van der Waals surface area contributed by atoms with Gasteiger partial charge in [0.25, 0.3) is 5.56 Å². The molecule has 0 saturated heterocycles. The van der Waals surface area contributed by atoms with Crippen LogP contribution in [0.2, 0.25) is 0 Å². The monoisotopic (exact) mass is 294 g/mol. The molecule has 0 aliphatic heterocycles. The van der Waals surface area contributed by atoms with Gasteiger partial charge in [-0.1, -0.05) is 20.3 Å². The number of nitrogen functional groups attached to an aromatic ring is 1. The third-order valence-electron chi connectivity index (χ3n) is 4.36. The normalized spacial score (nSPS) is 21.7. The number of rotatable bonds is 5. The largest absolute Gasteiger partial charge is 0.383 e. The smallest absolute Gasteiger partial charge is 0.332 e. The van der Waals surface area contributed by atoms with Crippen LogP contribution in [0.15, 0.2) is 9.59 Å². The van der Waals surface area contributed by atoms with Crippen molar-refractivity contribution in [2.24, 2.45) is 13.0 Å². The third kappa shape index (κ3) is 3.14. The van der Waals surface area contributed by atoms with Gasteiger partial charge in [0, 0.05) is 19.6 Å². The lowest BCUT2D eigenvalue weighted by molar-refractivity contribution is 0.572. The first kappa shape index (κ1) is 15.7. The Labute approximate surface area is 125 Å². The number of hydrogen-bond donors (Lipinski definition) is 2. The molecule has 2 rings (SSSR count). The predicted octanol–water partition coefficient (Wildman–Crippen LogP) is 1.53. The van der Waals surface area contributed by atoms with E-state index in [0.29, 0.717) is 18.2 Å². The number of aromatic nitrogens is 2. The molecule has 1 aliphatic rings. The predicted molar refractivity (Wildman–Crippen MR) is 85.7 cm³/mol. The molecule has 118 valence electrons. The third-order valence-corrected chi connectivity index (χ3v) is 4.36. The van der Waals surface area contributed by atoms with E-state index in [0.717, 1.165) is 36.7 Å². The van der Waals surface area contributed by atoms with Crippen LogP contribution in [0.4, 0.5) is 11.5 Å². The Hall–Kier alpha value is -1.72. The molecule has 1 fully saturated rings. The van der Waals surface area contributed by atoms with Crippen molar-refractivity contribution < 1.29 is 0 Å². The Balaban J connectivity index is 2.38. The van der Waals surface area contributed by atoms with Crippen LogP contribution in [0.5, 0.6) is 0 Å². The van der Waals surface area contributed by atoms with Gasteiger partial charge < -0.3 is 11.1 Å². The Morgan fingerprint density at radius 3 is 2.62 bits per heavy atom. The van der Waals surface area contributed by atoms with Crippen LogP contribution in [0.1, 0.15) is 46.0 Å². The van der Waals surface area contributed by atoms with Crippen LogP contribution >= 0.6 is 0 Å². The number of unbranched alkanes of at least 4 members (excludes halogenated alkanes) is 1. The van der Waals surface area contributed by atoms with Crippen LogP contribution in [0, 0.1) is 5.92 Å². The maximum atomic E-state index is 12.3. The van der Waals surface area contributed by atoms with E-state index in [1.807, 2.05) is 0 Å². The van der Waals surface area contributed by atoms with Gasteiger partial charge in [0.1, 0.15) is 11.5 Å². The van der Waals surface area contributed by atoms with Gasteiger partial charge in [-0.3, -0.25) is 13.9 Å². The summed E-state index contributed by atoms with van der Waals surface area (Å²) in [5, 5.41) is 3.27. The summed E-state index contributed by atoms with van der Waals surface area (Å²) < 4.78 is 2.65. The molecule has 1 aromatic rings. The summed E-state index contributed by atoms with van der Waals surface area (Å²) in [5.41, 5.74) is 5.81. The first-order chi connectivity index (χ1) is 9.95. The van der Waals surface area contributed by atoms with Crippen molar-refractivity contribution in [3.63, 3.8) is 0 Å². The van der Waals surface area contributed by atoms with E-state index < -0.39 is 0 Å². The van der Waals surface area contributed by atoms with Crippen molar-refractivity contribution in [3.05, 3.63) is 20.8 Å². The minimum absolute atomic E-state index is 0.270. The van der Waals surface area contributed by atoms with E-state index in [9.17, 15) is 9.59 Å². The molecule has 1 saturated carbocycles. The van der Waals surface area contributed by atoms with Gasteiger partial charge >= 0.3 is 5.69 Å². The lowest BCUT2D eigenvalue weighted by Crippen LogP contribution is -2.41. The molecule has 21 heavy (non-hydrogen) atoms. The van der Waals surface area contributed by atoms with Gasteiger partial charge in [0.15, 0.2) is 0 Å². The van der Waals surface area contributed by atoms with Gasteiger partial charge in [-0.15, -0.1) is 0 Å². The maximum absolute atomic E-state index is 12.3. The van der Waals surface area contributed by atoms with Crippen molar-refractivity contribution in [1.82, 2.24) is 9.13 Å². The van der Waals surface area contributed by atoms with E-state index in [1.165, 1.54) is 11.6 Å². The second-order valence-electron chi connectivity index (χ2n) is 6.17. The van der Waals surface area contributed by atoms with E-state index in [-0.39, 0.29) is 23.1 Å². The molecular formula is C15H26N4O2. The highest BCUT2D eigenvalue weighted by molar-refractivity contribution is 5.61. The topological polar surface area (TPSA) is 82.0 Å². The number of nitrogens with one attached hydrogen (secondary N) is 1. The fourth-order valence-electron chi connectivity index (χ4n) is 2.99. The first-order valence-corrected chi connectivity index (χ1v) is 7.81. The van der Waals surface area contributed by atoms with Crippen molar-refractivity contribution in [3.8, 4) is 0 Å². The highest BCUT2D eigenvalue weighted by atomic mass is 16.2. The SMILES string of the molecule is CCCCn1c(N)c(NC2CCC(C)C2)c(=O)n(C)c1=O.